The Hall–Kier alpha value is -2.23. The minimum atomic E-state index is -0.650. The van der Waals surface area contributed by atoms with Crippen LogP contribution in [0.25, 0.3) is 0 Å². The summed E-state index contributed by atoms with van der Waals surface area (Å²) < 4.78 is 0.794. The van der Waals surface area contributed by atoms with E-state index >= 15 is 0 Å². The van der Waals surface area contributed by atoms with Crippen LogP contribution >= 0.6 is 34.4 Å². The molecule has 2 amide bonds. The van der Waals surface area contributed by atoms with Crippen LogP contribution in [-0.4, -0.2) is 28.1 Å². The van der Waals surface area contributed by atoms with Gasteiger partial charge in [0.05, 0.1) is 0 Å². The molecule has 6 nitrogen and oxygen atoms in total. The average Bonchev–Trinajstić information content (AvgIpc) is 3.37. The normalized spacial score (nSPS) is 12.0. The van der Waals surface area contributed by atoms with Gasteiger partial charge in [0.25, 0.3) is 5.91 Å². The summed E-state index contributed by atoms with van der Waals surface area (Å²) >= 11 is 4.63. The van der Waals surface area contributed by atoms with E-state index in [1.165, 1.54) is 16.2 Å². The zero-order valence-electron chi connectivity index (χ0n) is 17.0. The maximum Gasteiger partial charge on any atom is 0.252 e. The van der Waals surface area contributed by atoms with Crippen molar-refractivity contribution in [3.05, 3.63) is 57.8 Å². The summed E-state index contributed by atoms with van der Waals surface area (Å²) in [7, 11) is 0. The van der Waals surface area contributed by atoms with Gasteiger partial charge in [0.1, 0.15) is 6.04 Å². The van der Waals surface area contributed by atoms with Crippen molar-refractivity contribution in [1.29, 1.82) is 0 Å². The molecule has 3 rings (SSSR count). The second-order valence-corrected chi connectivity index (χ2v) is 10.4. The lowest BCUT2D eigenvalue weighted by Crippen LogP contribution is -2.44. The third-order valence-corrected chi connectivity index (χ3v) is 7.35. The van der Waals surface area contributed by atoms with Crippen LogP contribution in [-0.2, 0) is 10.5 Å². The largest absolute Gasteiger partial charge is 0.340 e. The Labute approximate surface area is 188 Å². The molecule has 0 aliphatic rings. The molecule has 2 heterocycles. The lowest BCUT2D eigenvalue weighted by atomic mass is 10.0. The Morgan fingerprint density at radius 3 is 2.63 bits per heavy atom. The molecule has 0 saturated heterocycles. The quantitative estimate of drug-likeness (QED) is 0.347. The Morgan fingerprint density at radius 1 is 1.13 bits per heavy atom. The lowest BCUT2D eigenvalue weighted by Gasteiger charge is -2.20. The van der Waals surface area contributed by atoms with Gasteiger partial charge in [-0.05, 0) is 42.3 Å². The van der Waals surface area contributed by atoms with Crippen LogP contribution in [0.4, 0.5) is 5.13 Å². The van der Waals surface area contributed by atoms with Crippen molar-refractivity contribution in [2.24, 2.45) is 5.92 Å². The number of hydrogen-bond donors (Lipinski definition) is 2. The first-order chi connectivity index (χ1) is 14.4. The minimum Gasteiger partial charge on any atom is -0.340 e. The van der Waals surface area contributed by atoms with Crippen molar-refractivity contribution >= 4 is 51.4 Å². The zero-order valence-corrected chi connectivity index (χ0v) is 19.5. The second kappa shape index (κ2) is 10.7. The fraction of sp³-hybridized carbons (Fsp3) is 0.333. The average molecular weight is 461 g/mol. The Kier molecular flexibility index (Phi) is 8.01. The Balaban J connectivity index is 1.62. The minimum absolute atomic E-state index is 0.240. The number of rotatable bonds is 9. The van der Waals surface area contributed by atoms with Crippen LogP contribution in [0, 0.1) is 12.8 Å². The van der Waals surface area contributed by atoms with Gasteiger partial charge >= 0.3 is 0 Å². The molecule has 1 aromatic carbocycles. The molecule has 30 heavy (non-hydrogen) atoms. The van der Waals surface area contributed by atoms with Gasteiger partial charge in [-0.2, -0.15) is 0 Å². The van der Waals surface area contributed by atoms with Crippen molar-refractivity contribution in [3.63, 3.8) is 0 Å². The van der Waals surface area contributed by atoms with Crippen molar-refractivity contribution in [3.8, 4) is 0 Å². The summed E-state index contributed by atoms with van der Waals surface area (Å²) in [6.45, 7) is 5.91. The summed E-state index contributed by atoms with van der Waals surface area (Å²) in [4.78, 5) is 26.8. The van der Waals surface area contributed by atoms with Gasteiger partial charge in [-0.15, -0.1) is 21.5 Å². The molecule has 0 radical (unpaired) electrons. The first-order valence-electron chi connectivity index (χ1n) is 9.58. The maximum atomic E-state index is 12.9. The molecule has 3 aromatic rings. The highest BCUT2D eigenvalue weighted by Gasteiger charge is 2.24. The Morgan fingerprint density at radius 2 is 1.93 bits per heavy atom. The highest BCUT2D eigenvalue weighted by atomic mass is 32.2. The summed E-state index contributed by atoms with van der Waals surface area (Å²) in [5.41, 5.74) is 1.44. The van der Waals surface area contributed by atoms with E-state index in [-0.39, 0.29) is 17.7 Å². The molecular formula is C21H24N4O2S3. The van der Waals surface area contributed by atoms with E-state index in [2.05, 4.69) is 26.9 Å². The van der Waals surface area contributed by atoms with E-state index in [9.17, 15) is 9.59 Å². The van der Waals surface area contributed by atoms with E-state index in [4.69, 9.17) is 0 Å². The number of nitrogens with one attached hydrogen (secondary N) is 2. The Bertz CT molecular complexity index is 986. The van der Waals surface area contributed by atoms with Crippen LogP contribution in [0.3, 0.4) is 0 Å². The molecule has 0 saturated carbocycles. The standard InChI is InChI=1S/C21H24N4O2S3/c1-13(2)11-17(22-18(26)16-9-5-4-7-14(16)3)19(27)23-20-24-25-21(30-20)29-12-15-8-6-10-28-15/h4-10,13,17H,11-12H2,1-3H3,(H,22,26)(H,23,24,27). The molecule has 2 aromatic heterocycles. The van der Waals surface area contributed by atoms with Crippen LogP contribution in [0.2, 0.25) is 0 Å². The monoisotopic (exact) mass is 460 g/mol. The molecule has 2 N–H and O–H groups in total. The van der Waals surface area contributed by atoms with Gasteiger partial charge in [0, 0.05) is 16.2 Å². The highest BCUT2D eigenvalue weighted by Crippen LogP contribution is 2.29. The number of thioether (sulfide) groups is 1. The molecule has 0 aliphatic heterocycles. The summed E-state index contributed by atoms with van der Waals surface area (Å²) in [5.74, 6) is 0.530. The highest BCUT2D eigenvalue weighted by molar-refractivity contribution is 8.00. The second-order valence-electron chi connectivity index (χ2n) is 7.20. The van der Waals surface area contributed by atoms with Crippen molar-refractivity contribution < 1.29 is 9.59 Å². The van der Waals surface area contributed by atoms with E-state index in [1.54, 1.807) is 29.2 Å². The molecule has 1 atom stereocenters. The number of thiophene rings is 1. The third-order valence-electron chi connectivity index (χ3n) is 4.27. The van der Waals surface area contributed by atoms with Crippen LogP contribution in [0.15, 0.2) is 46.1 Å². The molecule has 1 unspecified atom stereocenters. The van der Waals surface area contributed by atoms with Gasteiger partial charge in [0.2, 0.25) is 11.0 Å². The van der Waals surface area contributed by atoms with Gasteiger partial charge in [-0.25, -0.2) is 0 Å². The number of hydrogen-bond acceptors (Lipinski definition) is 7. The number of carbonyl (C=O) groups excluding carboxylic acids is 2. The van der Waals surface area contributed by atoms with Crippen LogP contribution in [0.5, 0.6) is 0 Å². The smallest absolute Gasteiger partial charge is 0.252 e. The number of amides is 2. The zero-order chi connectivity index (χ0) is 21.5. The molecule has 0 spiro atoms. The molecule has 0 bridgehead atoms. The summed E-state index contributed by atoms with van der Waals surface area (Å²) in [6.07, 6.45) is 0.530. The predicted octanol–water partition coefficient (Wildman–Crippen LogP) is 4.98. The van der Waals surface area contributed by atoms with E-state index in [0.29, 0.717) is 17.1 Å². The van der Waals surface area contributed by atoms with Gasteiger partial charge in [-0.1, -0.05) is 61.2 Å². The summed E-state index contributed by atoms with van der Waals surface area (Å²) in [6, 6.07) is 10.8. The summed E-state index contributed by atoms with van der Waals surface area (Å²) in [5, 5.41) is 16.4. The maximum absolute atomic E-state index is 12.9. The molecule has 0 aliphatic carbocycles. The molecule has 0 fully saturated rings. The van der Waals surface area contributed by atoms with Gasteiger partial charge < -0.3 is 5.32 Å². The number of carbonyl (C=O) groups is 2. The SMILES string of the molecule is Cc1ccccc1C(=O)NC(CC(C)C)C(=O)Nc1nnc(SCc2cccs2)s1. The molecule has 158 valence electrons. The van der Waals surface area contributed by atoms with Crippen molar-refractivity contribution in [2.45, 2.75) is 43.3 Å². The number of anilines is 1. The first kappa shape index (κ1) is 22.5. The van der Waals surface area contributed by atoms with Crippen molar-refractivity contribution in [2.75, 3.05) is 5.32 Å². The fourth-order valence-corrected chi connectivity index (χ4v) is 5.33. The lowest BCUT2D eigenvalue weighted by molar-refractivity contribution is -0.118. The van der Waals surface area contributed by atoms with E-state index in [1.807, 2.05) is 50.4 Å². The van der Waals surface area contributed by atoms with E-state index < -0.39 is 6.04 Å². The fourth-order valence-electron chi connectivity index (χ4n) is 2.81. The number of aryl methyl sites for hydroxylation is 1. The topological polar surface area (TPSA) is 84.0 Å². The van der Waals surface area contributed by atoms with Crippen LogP contribution < -0.4 is 10.6 Å². The molecular weight excluding hydrogens is 436 g/mol. The third kappa shape index (κ3) is 6.38. The first-order valence-corrected chi connectivity index (χ1v) is 12.3. The number of benzene rings is 1. The van der Waals surface area contributed by atoms with Gasteiger partial charge in [0.15, 0.2) is 4.34 Å². The van der Waals surface area contributed by atoms with Gasteiger partial charge in [-0.3, -0.25) is 14.9 Å². The number of aromatic nitrogens is 2. The van der Waals surface area contributed by atoms with Crippen LogP contribution in [0.1, 0.15) is 41.1 Å². The molecule has 9 heteroatoms. The van der Waals surface area contributed by atoms with Crippen molar-refractivity contribution in [1.82, 2.24) is 15.5 Å². The number of nitrogens with zero attached hydrogens (tertiary/aromatic N) is 2. The predicted molar refractivity (Wildman–Crippen MR) is 124 cm³/mol. The van der Waals surface area contributed by atoms with E-state index in [0.717, 1.165) is 15.7 Å².